The van der Waals surface area contributed by atoms with Crippen molar-refractivity contribution in [3.63, 3.8) is 0 Å². The van der Waals surface area contributed by atoms with Crippen molar-refractivity contribution < 1.29 is 17.5 Å². The van der Waals surface area contributed by atoms with Gasteiger partial charge in [0.25, 0.3) is 10.1 Å². The molecule has 0 fully saturated rings. The van der Waals surface area contributed by atoms with Crippen molar-refractivity contribution in [1.29, 1.82) is 0 Å². The van der Waals surface area contributed by atoms with Crippen LogP contribution >= 0.6 is 0 Å². The molecular weight excluding hydrogens is 190 g/mol. The van der Waals surface area contributed by atoms with E-state index in [-0.39, 0.29) is 5.75 Å². The van der Waals surface area contributed by atoms with Gasteiger partial charge in [-0.05, 0) is 6.42 Å². The van der Waals surface area contributed by atoms with Crippen molar-refractivity contribution in [3.8, 4) is 0 Å². The largest absolute Gasteiger partial charge is 0.333 e. The van der Waals surface area contributed by atoms with Gasteiger partial charge in [-0.25, -0.2) is 0 Å². The first-order chi connectivity index (χ1) is 5.56. The normalized spacial score (nSPS) is 11.8. The average Bonchev–Trinajstić information content (AvgIpc) is 1.77. The van der Waals surface area contributed by atoms with Crippen LogP contribution in [0.1, 0.15) is 19.8 Å². The molecule has 0 heterocycles. The van der Waals surface area contributed by atoms with Crippen LogP contribution in [-0.4, -0.2) is 51.4 Å². The third-order valence-corrected chi connectivity index (χ3v) is 1.56. The summed E-state index contributed by atoms with van der Waals surface area (Å²) in [6, 6.07) is 0. The number of hydrogen-bond acceptors (Lipinski definition) is 2. The van der Waals surface area contributed by atoms with E-state index in [9.17, 15) is 8.42 Å². The fraction of sp³-hybridized carbons (Fsp3) is 1.00. The van der Waals surface area contributed by atoms with Gasteiger partial charge in [-0.2, -0.15) is 8.42 Å². The standard InChI is InChI=1S/C4H12N.C4H10O3S/c1-5(2,3)4;1-2-3-4-8(5,6)7/h1-4H3;2-4H2,1H3,(H,5,6,7)/q+1;. The maximum atomic E-state index is 9.95. The molecule has 0 amide bonds. The van der Waals surface area contributed by atoms with Crippen LogP contribution in [0.3, 0.4) is 0 Å². The van der Waals surface area contributed by atoms with Crippen LogP contribution in [0.25, 0.3) is 0 Å². The second-order valence-electron chi connectivity index (χ2n) is 4.32. The summed E-state index contributed by atoms with van der Waals surface area (Å²) in [7, 11) is 4.81. The van der Waals surface area contributed by atoms with E-state index in [0.717, 1.165) is 10.9 Å². The molecule has 0 unspecified atom stereocenters. The highest BCUT2D eigenvalue weighted by Crippen LogP contribution is 1.90. The van der Waals surface area contributed by atoms with Crippen molar-refractivity contribution in [2.45, 2.75) is 19.8 Å². The van der Waals surface area contributed by atoms with Crippen LogP contribution in [-0.2, 0) is 10.1 Å². The number of hydrogen-bond donors (Lipinski definition) is 1. The molecule has 1 N–H and O–H groups in total. The zero-order valence-corrected chi connectivity index (χ0v) is 10.1. The SMILES string of the molecule is CCCCS(=O)(=O)O.C[N+](C)(C)C. The summed E-state index contributed by atoms with van der Waals surface area (Å²) in [5, 5.41) is 0. The summed E-state index contributed by atoms with van der Waals surface area (Å²) in [4.78, 5) is 0. The quantitative estimate of drug-likeness (QED) is 0.561. The molecule has 82 valence electrons. The van der Waals surface area contributed by atoms with Crippen molar-refractivity contribution in [3.05, 3.63) is 0 Å². The smallest absolute Gasteiger partial charge is 0.264 e. The van der Waals surface area contributed by atoms with Crippen LogP contribution in [0, 0.1) is 0 Å². The second kappa shape index (κ2) is 6.34. The highest BCUT2D eigenvalue weighted by atomic mass is 32.2. The molecule has 0 aromatic rings. The van der Waals surface area contributed by atoms with Gasteiger partial charge < -0.3 is 4.48 Å². The van der Waals surface area contributed by atoms with E-state index in [1.807, 2.05) is 6.92 Å². The van der Waals surface area contributed by atoms with Gasteiger partial charge in [-0.15, -0.1) is 0 Å². The maximum Gasteiger partial charge on any atom is 0.264 e. The van der Waals surface area contributed by atoms with Crippen LogP contribution < -0.4 is 0 Å². The van der Waals surface area contributed by atoms with Crippen molar-refractivity contribution in [1.82, 2.24) is 0 Å². The lowest BCUT2D eigenvalue weighted by Gasteiger charge is -2.14. The van der Waals surface area contributed by atoms with E-state index in [4.69, 9.17) is 4.55 Å². The third kappa shape index (κ3) is 48.8. The van der Waals surface area contributed by atoms with E-state index in [2.05, 4.69) is 28.2 Å². The Morgan fingerprint density at radius 2 is 1.46 bits per heavy atom. The predicted molar refractivity (Wildman–Crippen MR) is 55.3 cm³/mol. The molecule has 0 aromatic carbocycles. The molecule has 0 aromatic heterocycles. The molecule has 0 bridgehead atoms. The number of rotatable bonds is 3. The van der Waals surface area contributed by atoms with Crippen molar-refractivity contribution in [2.24, 2.45) is 0 Å². The van der Waals surface area contributed by atoms with Gasteiger partial charge in [-0.1, -0.05) is 13.3 Å². The maximum absolute atomic E-state index is 9.95. The van der Waals surface area contributed by atoms with E-state index in [1.54, 1.807) is 0 Å². The minimum Gasteiger partial charge on any atom is -0.333 e. The van der Waals surface area contributed by atoms with Crippen molar-refractivity contribution in [2.75, 3.05) is 33.9 Å². The summed E-state index contributed by atoms with van der Waals surface area (Å²) in [6.45, 7) is 1.87. The Labute approximate surface area is 81.9 Å². The Bertz CT molecular complexity index is 198. The summed E-state index contributed by atoms with van der Waals surface area (Å²) in [5.74, 6) is -0.108. The van der Waals surface area contributed by atoms with E-state index >= 15 is 0 Å². The van der Waals surface area contributed by atoms with Gasteiger partial charge in [0.05, 0.1) is 33.9 Å². The van der Waals surface area contributed by atoms with Crippen molar-refractivity contribution >= 4 is 10.1 Å². The first kappa shape index (κ1) is 15.3. The first-order valence-corrected chi connectivity index (χ1v) is 5.91. The second-order valence-corrected chi connectivity index (χ2v) is 5.89. The van der Waals surface area contributed by atoms with E-state index < -0.39 is 10.1 Å². The Kier molecular flexibility index (Phi) is 7.49. The number of quaternary nitrogens is 1. The van der Waals surface area contributed by atoms with Gasteiger partial charge in [0.1, 0.15) is 0 Å². The molecule has 0 spiro atoms. The van der Waals surface area contributed by atoms with Crippen LogP contribution in [0.15, 0.2) is 0 Å². The lowest BCUT2D eigenvalue weighted by molar-refractivity contribution is -0.849. The van der Waals surface area contributed by atoms with E-state index in [1.165, 1.54) is 0 Å². The Morgan fingerprint density at radius 3 is 1.54 bits per heavy atom. The summed E-state index contributed by atoms with van der Waals surface area (Å²) >= 11 is 0. The Morgan fingerprint density at radius 1 is 1.15 bits per heavy atom. The monoisotopic (exact) mass is 212 g/mol. The molecule has 0 aliphatic heterocycles. The van der Waals surface area contributed by atoms with Gasteiger partial charge in [-0.3, -0.25) is 4.55 Å². The summed E-state index contributed by atoms with van der Waals surface area (Å²) in [5.41, 5.74) is 0. The molecule has 0 atom stereocenters. The first-order valence-electron chi connectivity index (χ1n) is 4.30. The fourth-order valence-electron chi connectivity index (χ4n) is 0.327. The molecular formula is C8H22NO3S+. The molecule has 0 aliphatic carbocycles. The molecule has 0 rings (SSSR count). The topological polar surface area (TPSA) is 54.4 Å². The highest BCUT2D eigenvalue weighted by molar-refractivity contribution is 7.85. The van der Waals surface area contributed by atoms with Gasteiger partial charge in [0.2, 0.25) is 0 Å². The molecule has 0 radical (unpaired) electrons. The Hall–Kier alpha value is -0.130. The lowest BCUT2D eigenvalue weighted by Crippen LogP contribution is -2.27. The summed E-state index contributed by atoms with van der Waals surface area (Å²) < 4.78 is 29.0. The lowest BCUT2D eigenvalue weighted by atomic mass is 10.4. The van der Waals surface area contributed by atoms with Gasteiger partial charge >= 0.3 is 0 Å². The van der Waals surface area contributed by atoms with Gasteiger partial charge in [0.15, 0.2) is 0 Å². The third-order valence-electron chi connectivity index (χ3n) is 0.756. The molecule has 0 saturated carbocycles. The molecule has 0 aliphatic rings. The van der Waals surface area contributed by atoms with E-state index in [0.29, 0.717) is 6.42 Å². The number of nitrogens with zero attached hydrogens (tertiary/aromatic N) is 1. The van der Waals surface area contributed by atoms with Crippen LogP contribution in [0.5, 0.6) is 0 Å². The molecule has 0 saturated heterocycles. The number of unbranched alkanes of at least 4 members (excludes halogenated alkanes) is 1. The fourth-order valence-corrected chi connectivity index (χ4v) is 0.980. The molecule has 13 heavy (non-hydrogen) atoms. The molecule has 5 heteroatoms. The average molecular weight is 212 g/mol. The van der Waals surface area contributed by atoms with Gasteiger partial charge in [0, 0.05) is 0 Å². The zero-order valence-electron chi connectivity index (χ0n) is 9.24. The minimum atomic E-state index is -3.69. The minimum absolute atomic E-state index is 0.108. The predicted octanol–water partition coefficient (Wildman–Crippen LogP) is 0.997. The zero-order chi connectivity index (χ0) is 11.1. The van der Waals surface area contributed by atoms with Crippen LogP contribution in [0.2, 0.25) is 0 Å². The van der Waals surface area contributed by atoms with Crippen LogP contribution in [0.4, 0.5) is 0 Å². The Balaban J connectivity index is 0. The highest BCUT2D eigenvalue weighted by Gasteiger charge is 2.00. The summed E-state index contributed by atoms with van der Waals surface area (Å²) in [6.07, 6.45) is 1.33. The molecule has 4 nitrogen and oxygen atoms in total.